The van der Waals surface area contributed by atoms with Gasteiger partial charge in [-0.1, -0.05) is 33.6 Å². The molecule has 15 heavy (non-hydrogen) atoms. The van der Waals surface area contributed by atoms with Crippen LogP contribution in [0.25, 0.3) is 0 Å². The molecule has 0 aromatic carbocycles. The minimum atomic E-state index is 0.445. The average molecular weight is 207 g/mol. The minimum Gasteiger partial charge on any atom is -0.310 e. The van der Waals surface area contributed by atoms with Crippen LogP contribution in [0, 0.1) is 17.8 Å². The van der Waals surface area contributed by atoms with Crippen LogP contribution in [0.1, 0.15) is 59.3 Å². The number of hydrogen-bond acceptors (Lipinski definition) is 1. The van der Waals surface area contributed by atoms with Crippen molar-refractivity contribution in [3.05, 3.63) is 0 Å². The van der Waals surface area contributed by atoms with Gasteiger partial charge in [0.15, 0.2) is 0 Å². The zero-order chi connectivity index (χ0) is 11.3. The van der Waals surface area contributed by atoms with Gasteiger partial charge >= 0.3 is 0 Å². The van der Waals surface area contributed by atoms with Gasteiger partial charge in [0.25, 0.3) is 0 Å². The molecule has 1 nitrogen and oxygen atoms in total. The first-order chi connectivity index (χ1) is 7.10. The van der Waals surface area contributed by atoms with E-state index in [1.165, 1.54) is 25.7 Å². The molecular formula is C14H25N. The summed E-state index contributed by atoms with van der Waals surface area (Å²) in [5, 5.41) is 3.75. The van der Waals surface area contributed by atoms with Crippen LogP contribution in [0.2, 0.25) is 0 Å². The standard InChI is InChI=1S/C14H25N/c1-5-9-12(6-2)15-13-10-7-8-11-14(13,3)4/h1,12-13,15H,6-11H2,2-4H3. The number of hydrogen-bond donors (Lipinski definition) is 1. The van der Waals surface area contributed by atoms with Crippen LogP contribution in [0.5, 0.6) is 0 Å². The third-order valence-corrected chi connectivity index (χ3v) is 3.80. The van der Waals surface area contributed by atoms with Gasteiger partial charge in [-0.3, -0.25) is 0 Å². The first-order valence-electron chi connectivity index (χ1n) is 6.29. The molecule has 0 heterocycles. The van der Waals surface area contributed by atoms with E-state index >= 15 is 0 Å². The van der Waals surface area contributed by atoms with Gasteiger partial charge in [-0.05, 0) is 24.7 Å². The number of nitrogens with one attached hydrogen (secondary N) is 1. The van der Waals surface area contributed by atoms with E-state index in [4.69, 9.17) is 6.42 Å². The third kappa shape index (κ3) is 3.54. The van der Waals surface area contributed by atoms with E-state index in [1.54, 1.807) is 0 Å². The molecule has 1 fully saturated rings. The molecule has 2 atom stereocenters. The highest BCUT2D eigenvalue weighted by Gasteiger charge is 2.32. The summed E-state index contributed by atoms with van der Waals surface area (Å²) >= 11 is 0. The molecule has 0 aliphatic heterocycles. The molecule has 1 saturated carbocycles. The van der Waals surface area contributed by atoms with E-state index < -0.39 is 0 Å². The van der Waals surface area contributed by atoms with Crippen LogP contribution in [0.3, 0.4) is 0 Å². The summed E-state index contributed by atoms with van der Waals surface area (Å²) in [4.78, 5) is 0. The first-order valence-corrected chi connectivity index (χ1v) is 6.29. The van der Waals surface area contributed by atoms with Gasteiger partial charge < -0.3 is 5.32 Å². The molecule has 2 unspecified atom stereocenters. The van der Waals surface area contributed by atoms with Crippen LogP contribution in [0.15, 0.2) is 0 Å². The number of terminal acetylenes is 1. The Morgan fingerprint density at radius 2 is 2.20 bits per heavy atom. The van der Waals surface area contributed by atoms with Crippen molar-refractivity contribution in [2.24, 2.45) is 5.41 Å². The monoisotopic (exact) mass is 207 g/mol. The number of rotatable bonds is 4. The van der Waals surface area contributed by atoms with Crippen LogP contribution >= 0.6 is 0 Å². The topological polar surface area (TPSA) is 12.0 Å². The minimum absolute atomic E-state index is 0.445. The second-order valence-electron chi connectivity index (χ2n) is 5.47. The molecule has 0 radical (unpaired) electrons. The summed E-state index contributed by atoms with van der Waals surface area (Å²) in [6.07, 6.45) is 12.8. The van der Waals surface area contributed by atoms with E-state index in [0.29, 0.717) is 17.5 Å². The summed E-state index contributed by atoms with van der Waals surface area (Å²) in [7, 11) is 0. The molecule has 1 rings (SSSR count). The lowest BCUT2D eigenvalue weighted by molar-refractivity contribution is 0.154. The van der Waals surface area contributed by atoms with E-state index in [0.717, 1.165) is 12.8 Å². The SMILES string of the molecule is C#CCC(CC)NC1CCCCC1(C)C. The summed E-state index contributed by atoms with van der Waals surface area (Å²) in [6.45, 7) is 6.98. The van der Waals surface area contributed by atoms with Crippen molar-refractivity contribution in [2.75, 3.05) is 0 Å². The average Bonchev–Trinajstić information content (AvgIpc) is 2.20. The lowest BCUT2D eigenvalue weighted by Gasteiger charge is -2.41. The van der Waals surface area contributed by atoms with Gasteiger partial charge in [0.2, 0.25) is 0 Å². The first kappa shape index (κ1) is 12.6. The largest absolute Gasteiger partial charge is 0.310 e. The zero-order valence-corrected chi connectivity index (χ0v) is 10.5. The summed E-state index contributed by atoms with van der Waals surface area (Å²) in [5.74, 6) is 2.77. The molecule has 86 valence electrons. The van der Waals surface area contributed by atoms with Gasteiger partial charge in [-0.25, -0.2) is 0 Å². The second kappa shape index (κ2) is 5.56. The Hall–Kier alpha value is -0.480. The fraction of sp³-hybridized carbons (Fsp3) is 0.857. The van der Waals surface area contributed by atoms with Crippen molar-refractivity contribution in [1.29, 1.82) is 0 Å². The molecule has 1 N–H and O–H groups in total. The van der Waals surface area contributed by atoms with Crippen LogP contribution < -0.4 is 5.32 Å². The Kier molecular flexibility index (Phi) is 4.67. The molecule has 0 aromatic heterocycles. The van der Waals surface area contributed by atoms with Crippen molar-refractivity contribution in [3.8, 4) is 12.3 Å². The van der Waals surface area contributed by atoms with E-state index in [1.807, 2.05) is 0 Å². The lowest BCUT2D eigenvalue weighted by atomic mass is 9.73. The highest BCUT2D eigenvalue weighted by molar-refractivity contribution is 4.94. The Morgan fingerprint density at radius 3 is 2.73 bits per heavy atom. The van der Waals surface area contributed by atoms with E-state index in [-0.39, 0.29) is 0 Å². The Labute approximate surface area is 95.0 Å². The van der Waals surface area contributed by atoms with Crippen molar-refractivity contribution in [3.63, 3.8) is 0 Å². The predicted octanol–water partition coefficient (Wildman–Crippen LogP) is 3.35. The highest BCUT2D eigenvalue weighted by Crippen LogP contribution is 2.35. The van der Waals surface area contributed by atoms with Gasteiger partial charge in [-0.2, -0.15) is 0 Å². The predicted molar refractivity (Wildman–Crippen MR) is 66.7 cm³/mol. The van der Waals surface area contributed by atoms with Crippen molar-refractivity contribution < 1.29 is 0 Å². The fourth-order valence-corrected chi connectivity index (χ4v) is 2.55. The van der Waals surface area contributed by atoms with Crippen LogP contribution in [-0.2, 0) is 0 Å². The maximum Gasteiger partial charge on any atom is 0.0240 e. The lowest BCUT2D eigenvalue weighted by Crippen LogP contribution is -2.48. The molecule has 0 bridgehead atoms. The fourth-order valence-electron chi connectivity index (χ4n) is 2.55. The maximum absolute atomic E-state index is 5.39. The van der Waals surface area contributed by atoms with Crippen LogP contribution in [0.4, 0.5) is 0 Å². The molecule has 1 heteroatoms. The molecule has 1 aliphatic rings. The molecule has 0 saturated heterocycles. The van der Waals surface area contributed by atoms with Gasteiger partial charge in [0.1, 0.15) is 0 Å². The van der Waals surface area contributed by atoms with Gasteiger partial charge in [-0.15, -0.1) is 12.3 Å². The molecule has 0 amide bonds. The van der Waals surface area contributed by atoms with Crippen molar-refractivity contribution in [2.45, 2.75) is 71.4 Å². The van der Waals surface area contributed by atoms with Gasteiger partial charge in [0.05, 0.1) is 0 Å². The van der Waals surface area contributed by atoms with E-state index in [9.17, 15) is 0 Å². The Bertz CT molecular complexity index is 224. The highest BCUT2D eigenvalue weighted by atomic mass is 15.0. The van der Waals surface area contributed by atoms with Gasteiger partial charge in [0, 0.05) is 18.5 Å². The summed E-state index contributed by atoms with van der Waals surface area (Å²) in [6, 6.07) is 1.17. The van der Waals surface area contributed by atoms with Crippen molar-refractivity contribution >= 4 is 0 Å². The molecule has 0 aromatic rings. The Morgan fingerprint density at radius 1 is 1.47 bits per heavy atom. The smallest absolute Gasteiger partial charge is 0.0240 e. The van der Waals surface area contributed by atoms with Crippen molar-refractivity contribution in [1.82, 2.24) is 5.32 Å². The normalized spacial score (nSPS) is 26.9. The zero-order valence-electron chi connectivity index (χ0n) is 10.5. The third-order valence-electron chi connectivity index (χ3n) is 3.80. The Balaban J connectivity index is 2.51. The molecule has 0 spiro atoms. The van der Waals surface area contributed by atoms with Crippen LogP contribution in [-0.4, -0.2) is 12.1 Å². The quantitative estimate of drug-likeness (QED) is 0.697. The molecular weight excluding hydrogens is 182 g/mol. The van der Waals surface area contributed by atoms with E-state index in [2.05, 4.69) is 32.0 Å². The maximum atomic E-state index is 5.39. The molecule has 1 aliphatic carbocycles. The summed E-state index contributed by atoms with van der Waals surface area (Å²) in [5.41, 5.74) is 0.445. The summed E-state index contributed by atoms with van der Waals surface area (Å²) < 4.78 is 0. The second-order valence-corrected chi connectivity index (χ2v) is 5.47.